The van der Waals surface area contributed by atoms with Gasteiger partial charge in [0.2, 0.25) is 6.54 Å². The van der Waals surface area contributed by atoms with E-state index in [0.717, 1.165) is 11.8 Å². The van der Waals surface area contributed by atoms with Crippen LogP contribution in [-0.2, 0) is 6.61 Å². The summed E-state index contributed by atoms with van der Waals surface area (Å²) in [6.45, 7) is 1.35. The highest BCUT2D eigenvalue weighted by atomic mass is 32.2. The van der Waals surface area contributed by atoms with Gasteiger partial charge >= 0.3 is 0 Å². The van der Waals surface area contributed by atoms with Gasteiger partial charge in [-0.1, -0.05) is 36.0 Å². The predicted octanol–water partition coefficient (Wildman–Crippen LogP) is 5.55. The number of nitro groups is 1. The Balaban J connectivity index is 1.61. The Labute approximate surface area is 210 Å². The molecule has 0 saturated carbocycles. The molecule has 0 bridgehead atoms. The normalized spacial score (nSPS) is 11.8. The van der Waals surface area contributed by atoms with Crippen LogP contribution in [0.1, 0.15) is 22.2 Å². The largest absolute Gasteiger partial charge is 0.493 e. The molecule has 1 atom stereocenters. The molecule has 11 heteroatoms. The molecule has 0 radical (unpaired) electrons. The molecular weight excluding hydrogens is 490 g/mol. The minimum Gasteiger partial charge on any atom is -0.493 e. The fourth-order valence-corrected chi connectivity index (χ4v) is 4.72. The summed E-state index contributed by atoms with van der Waals surface area (Å²) in [4.78, 5) is 11.1. The van der Waals surface area contributed by atoms with Crippen molar-refractivity contribution in [1.82, 2.24) is 14.8 Å². The van der Waals surface area contributed by atoms with Crippen molar-refractivity contribution in [3.8, 4) is 17.2 Å². The molecule has 0 N–H and O–H groups in total. The Bertz CT molecular complexity index is 1360. The topological polar surface area (TPSA) is 92.3 Å². The van der Waals surface area contributed by atoms with Gasteiger partial charge in [0, 0.05) is 16.2 Å². The van der Waals surface area contributed by atoms with Crippen molar-refractivity contribution in [2.24, 2.45) is 0 Å². The van der Waals surface area contributed by atoms with Gasteiger partial charge in [-0.2, -0.15) is 0 Å². The molecule has 0 amide bonds. The summed E-state index contributed by atoms with van der Waals surface area (Å²) in [5.74, 6) is 0.525. The molecule has 4 rings (SSSR count). The van der Waals surface area contributed by atoms with Crippen LogP contribution in [0.25, 0.3) is 5.69 Å². The lowest BCUT2D eigenvalue weighted by Crippen LogP contribution is -2.11. The molecule has 0 aliphatic rings. The van der Waals surface area contributed by atoms with E-state index in [2.05, 4.69) is 10.2 Å². The van der Waals surface area contributed by atoms with Gasteiger partial charge < -0.3 is 9.47 Å². The van der Waals surface area contributed by atoms with E-state index in [9.17, 15) is 18.9 Å². The first-order chi connectivity index (χ1) is 17.4. The summed E-state index contributed by atoms with van der Waals surface area (Å²) >= 11 is 1.16. The van der Waals surface area contributed by atoms with Crippen molar-refractivity contribution in [3.05, 3.63) is 105 Å². The standard InChI is InChI=1S/C25H22F2N4O4S/c1-16-28-29-25(31(16)20-10-8-19(26)9-11-20)36-24(14-30(32)33)17-7-12-22(23(13-17)34-2)35-15-18-5-3-4-6-21(18)27/h3-13,24H,14-15H2,1-2H3/t24-/m0/s1. The molecule has 0 aliphatic carbocycles. The van der Waals surface area contributed by atoms with E-state index >= 15 is 0 Å². The number of ether oxygens (including phenoxy) is 2. The van der Waals surface area contributed by atoms with Crippen LogP contribution in [0.4, 0.5) is 8.78 Å². The molecule has 3 aromatic carbocycles. The van der Waals surface area contributed by atoms with Gasteiger partial charge in [0.25, 0.3) is 0 Å². The van der Waals surface area contributed by atoms with E-state index in [1.165, 1.54) is 25.3 Å². The zero-order valence-corrected chi connectivity index (χ0v) is 20.2. The quantitative estimate of drug-likeness (QED) is 0.156. The Hall–Kier alpha value is -3.99. The van der Waals surface area contributed by atoms with E-state index in [1.54, 1.807) is 60.0 Å². The number of thioether (sulfide) groups is 1. The smallest absolute Gasteiger partial charge is 0.220 e. The lowest BCUT2D eigenvalue weighted by molar-refractivity contribution is -0.479. The fraction of sp³-hybridized carbons (Fsp3) is 0.200. The first kappa shape index (κ1) is 25.1. The second-order valence-corrected chi connectivity index (χ2v) is 8.92. The van der Waals surface area contributed by atoms with E-state index in [0.29, 0.717) is 39.3 Å². The molecule has 186 valence electrons. The average molecular weight is 513 g/mol. The van der Waals surface area contributed by atoms with Crippen LogP contribution >= 0.6 is 11.8 Å². The van der Waals surface area contributed by atoms with Gasteiger partial charge in [-0.3, -0.25) is 14.7 Å². The number of rotatable bonds is 10. The number of hydrogen-bond acceptors (Lipinski definition) is 7. The molecule has 36 heavy (non-hydrogen) atoms. The molecule has 8 nitrogen and oxygen atoms in total. The van der Waals surface area contributed by atoms with Crippen LogP contribution in [0.15, 0.2) is 71.9 Å². The monoisotopic (exact) mass is 512 g/mol. The van der Waals surface area contributed by atoms with Gasteiger partial charge in [-0.15, -0.1) is 10.2 Å². The number of aromatic nitrogens is 3. The van der Waals surface area contributed by atoms with Crippen molar-refractivity contribution in [3.63, 3.8) is 0 Å². The third kappa shape index (κ3) is 5.80. The number of benzene rings is 3. The highest BCUT2D eigenvalue weighted by molar-refractivity contribution is 7.99. The minimum absolute atomic E-state index is 0.00446. The van der Waals surface area contributed by atoms with E-state index in [-0.39, 0.29) is 18.2 Å². The summed E-state index contributed by atoms with van der Waals surface area (Å²) in [5, 5.41) is 19.6. The number of methoxy groups -OCH3 is 1. The highest BCUT2D eigenvalue weighted by Gasteiger charge is 2.25. The molecule has 0 aliphatic heterocycles. The molecule has 1 aromatic heterocycles. The third-order valence-electron chi connectivity index (χ3n) is 5.34. The van der Waals surface area contributed by atoms with Crippen molar-refractivity contribution < 1.29 is 23.2 Å². The highest BCUT2D eigenvalue weighted by Crippen LogP contribution is 2.39. The maximum atomic E-state index is 13.9. The van der Waals surface area contributed by atoms with Crippen molar-refractivity contribution >= 4 is 11.8 Å². The molecule has 0 unspecified atom stereocenters. The average Bonchev–Trinajstić information content (AvgIpc) is 3.23. The van der Waals surface area contributed by atoms with Crippen molar-refractivity contribution in [2.75, 3.05) is 13.7 Å². The number of hydrogen-bond donors (Lipinski definition) is 0. The Morgan fingerprint density at radius 3 is 2.50 bits per heavy atom. The van der Waals surface area contributed by atoms with Gasteiger partial charge in [0.1, 0.15) is 29.3 Å². The second-order valence-electron chi connectivity index (χ2n) is 7.75. The van der Waals surface area contributed by atoms with Crippen molar-refractivity contribution in [2.45, 2.75) is 23.9 Å². The fourth-order valence-electron chi connectivity index (χ4n) is 3.55. The van der Waals surface area contributed by atoms with Gasteiger partial charge in [0.15, 0.2) is 16.7 Å². The molecule has 1 heterocycles. The summed E-state index contributed by atoms with van der Waals surface area (Å²) in [6, 6.07) is 17.1. The zero-order valence-electron chi connectivity index (χ0n) is 19.4. The molecule has 0 spiro atoms. The zero-order chi connectivity index (χ0) is 25.7. The summed E-state index contributed by atoms with van der Waals surface area (Å²) in [6.07, 6.45) is 0. The van der Waals surface area contributed by atoms with Crippen LogP contribution in [0.3, 0.4) is 0 Å². The lowest BCUT2D eigenvalue weighted by Gasteiger charge is -2.17. The summed E-state index contributed by atoms with van der Waals surface area (Å²) in [5.41, 5.74) is 1.63. The number of halogens is 2. The van der Waals surface area contributed by atoms with Crippen molar-refractivity contribution in [1.29, 1.82) is 0 Å². The Morgan fingerprint density at radius 1 is 1.06 bits per heavy atom. The lowest BCUT2D eigenvalue weighted by atomic mass is 10.1. The first-order valence-corrected chi connectivity index (χ1v) is 11.7. The van der Waals surface area contributed by atoms with Crippen LogP contribution in [-0.4, -0.2) is 33.3 Å². The Morgan fingerprint density at radius 2 is 1.81 bits per heavy atom. The predicted molar refractivity (Wildman–Crippen MR) is 130 cm³/mol. The number of nitrogens with zero attached hydrogens (tertiary/aromatic N) is 4. The molecule has 0 fully saturated rings. The van der Waals surface area contributed by atoms with Crippen LogP contribution in [0.2, 0.25) is 0 Å². The number of aryl methyl sites for hydroxylation is 1. The van der Waals surface area contributed by atoms with Gasteiger partial charge in [0.05, 0.1) is 7.11 Å². The SMILES string of the molecule is COc1cc([C@H](C[N+](=O)[O-])Sc2nnc(C)n2-c2ccc(F)cc2)ccc1OCc1ccccc1F. The van der Waals surface area contributed by atoms with E-state index in [4.69, 9.17) is 9.47 Å². The van der Waals surface area contributed by atoms with E-state index < -0.39 is 16.7 Å². The van der Waals surface area contributed by atoms with Gasteiger partial charge in [-0.05, 0) is 55.0 Å². The van der Waals surface area contributed by atoms with Crippen LogP contribution < -0.4 is 9.47 Å². The van der Waals surface area contributed by atoms with Gasteiger partial charge in [-0.25, -0.2) is 8.78 Å². The summed E-state index contributed by atoms with van der Waals surface area (Å²) < 4.78 is 40.3. The molecule has 0 saturated heterocycles. The van der Waals surface area contributed by atoms with Crippen LogP contribution in [0.5, 0.6) is 11.5 Å². The maximum Gasteiger partial charge on any atom is 0.220 e. The molecular formula is C25H22F2N4O4S. The third-order valence-corrected chi connectivity index (χ3v) is 6.52. The maximum absolute atomic E-state index is 13.9. The van der Waals surface area contributed by atoms with Crippen LogP contribution in [0, 0.1) is 28.7 Å². The summed E-state index contributed by atoms with van der Waals surface area (Å²) in [7, 11) is 1.46. The second kappa shape index (κ2) is 11.2. The minimum atomic E-state index is -0.641. The molecule has 4 aromatic rings. The van der Waals surface area contributed by atoms with E-state index in [1.807, 2.05) is 0 Å². The first-order valence-electron chi connectivity index (χ1n) is 10.9. The Kier molecular flexibility index (Phi) is 7.79.